The standard InChI is InChI=1S/C23H24N4O2S/c1-29-18-12-10-16(11-13-18)19(26-14-6-3-7-15-26)20-22(28)27-23(30-20)24-21(25-27)17-8-4-2-5-9-17/h2,4-5,8-13,19,28H,3,6-7,14-15H2,1H3. The second kappa shape index (κ2) is 8.08. The summed E-state index contributed by atoms with van der Waals surface area (Å²) in [5, 5.41) is 15.7. The SMILES string of the molecule is COc1ccc(C(c2sc3nc(-c4ccccc4)nn3c2O)N2CCCCC2)cc1. The lowest BCUT2D eigenvalue weighted by Gasteiger charge is -2.34. The number of benzene rings is 2. The summed E-state index contributed by atoms with van der Waals surface area (Å²) in [6.07, 6.45) is 3.60. The van der Waals surface area contributed by atoms with Crippen molar-refractivity contribution in [3.8, 4) is 23.0 Å². The van der Waals surface area contributed by atoms with E-state index in [0.717, 1.165) is 34.8 Å². The van der Waals surface area contributed by atoms with Gasteiger partial charge < -0.3 is 9.84 Å². The van der Waals surface area contributed by atoms with Crippen LogP contribution in [0.1, 0.15) is 35.7 Å². The van der Waals surface area contributed by atoms with Crippen molar-refractivity contribution < 1.29 is 9.84 Å². The number of piperidine rings is 1. The van der Waals surface area contributed by atoms with Crippen molar-refractivity contribution in [3.05, 3.63) is 65.0 Å². The summed E-state index contributed by atoms with van der Waals surface area (Å²) in [6.45, 7) is 2.03. The Morgan fingerprint density at radius 3 is 2.40 bits per heavy atom. The first-order valence-corrected chi connectivity index (χ1v) is 11.1. The molecule has 1 unspecified atom stereocenters. The van der Waals surface area contributed by atoms with Gasteiger partial charge in [0.2, 0.25) is 10.8 Å². The third kappa shape index (κ3) is 3.44. The van der Waals surface area contributed by atoms with Crippen LogP contribution in [0.15, 0.2) is 54.6 Å². The highest BCUT2D eigenvalue weighted by Gasteiger charge is 2.30. The third-order valence-electron chi connectivity index (χ3n) is 5.67. The van der Waals surface area contributed by atoms with Crippen molar-refractivity contribution in [1.82, 2.24) is 19.5 Å². The second-order valence-electron chi connectivity index (χ2n) is 7.56. The zero-order valence-electron chi connectivity index (χ0n) is 16.9. The Hall–Kier alpha value is -2.90. The summed E-state index contributed by atoms with van der Waals surface area (Å²) in [4.78, 5) is 8.73. The number of methoxy groups -OCH3 is 1. The zero-order valence-corrected chi connectivity index (χ0v) is 17.7. The molecular formula is C23H24N4O2S. The number of fused-ring (bicyclic) bond motifs is 1. The number of hydrogen-bond donors (Lipinski definition) is 1. The Morgan fingerprint density at radius 1 is 1.00 bits per heavy atom. The molecular weight excluding hydrogens is 396 g/mol. The zero-order chi connectivity index (χ0) is 20.5. The normalized spacial score (nSPS) is 16.0. The Labute approximate surface area is 179 Å². The van der Waals surface area contributed by atoms with Crippen LogP contribution in [0.4, 0.5) is 0 Å². The van der Waals surface area contributed by atoms with Gasteiger partial charge in [-0.3, -0.25) is 4.90 Å². The van der Waals surface area contributed by atoms with Gasteiger partial charge in [-0.15, -0.1) is 5.10 Å². The molecule has 1 aliphatic rings. The molecule has 1 fully saturated rings. The maximum Gasteiger partial charge on any atom is 0.230 e. The van der Waals surface area contributed by atoms with Gasteiger partial charge in [0.25, 0.3) is 0 Å². The molecule has 3 heterocycles. The van der Waals surface area contributed by atoms with E-state index in [2.05, 4.69) is 27.1 Å². The summed E-state index contributed by atoms with van der Waals surface area (Å²) in [6, 6.07) is 18.0. The molecule has 1 saturated heterocycles. The van der Waals surface area contributed by atoms with Gasteiger partial charge in [0.05, 0.1) is 18.0 Å². The molecule has 4 aromatic rings. The van der Waals surface area contributed by atoms with E-state index in [-0.39, 0.29) is 11.9 Å². The van der Waals surface area contributed by atoms with Crippen LogP contribution < -0.4 is 4.74 Å². The van der Waals surface area contributed by atoms with Crippen molar-refractivity contribution in [3.63, 3.8) is 0 Å². The van der Waals surface area contributed by atoms with Crippen molar-refractivity contribution >= 4 is 16.3 Å². The molecule has 5 rings (SSSR count). The lowest BCUT2D eigenvalue weighted by molar-refractivity contribution is 0.186. The van der Waals surface area contributed by atoms with E-state index in [1.54, 1.807) is 11.6 Å². The van der Waals surface area contributed by atoms with E-state index in [0.29, 0.717) is 10.8 Å². The molecule has 0 amide bonds. The summed E-state index contributed by atoms with van der Waals surface area (Å²) in [7, 11) is 1.67. The molecule has 0 aliphatic carbocycles. The van der Waals surface area contributed by atoms with Gasteiger partial charge >= 0.3 is 0 Å². The topological polar surface area (TPSA) is 62.9 Å². The van der Waals surface area contributed by atoms with Crippen LogP contribution in [0.3, 0.4) is 0 Å². The monoisotopic (exact) mass is 420 g/mol. The van der Waals surface area contributed by atoms with Gasteiger partial charge in [0, 0.05) is 5.56 Å². The predicted octanol–water partition coefficient (Wildman–Crippen LogP) is 4.75. The second-order valence-corrected chi connectivity index (χ2v) is 8.57. The maximum absolute atomic E-state index is 11.1. The average molecular weight is 421 g/mol. The summed E-state index contributed by atoms with van der Waals surface area (Å²) in [5.41, 5.74) is 2.08. The Kier molecular flexibility index (Phi) is 5.14. The van der Waals surface area contributed by atoms with E-state index in [4.69, 9.17) is 4.74 Å². The lowest BCUT2D eigenvalue weighted by Crippen LogP contribution is -2.34. The number of rotatable bonds is 5. The van der Waals surface area contributed by atoms with Gasteiger partial charge in [0.15, 0.2) is 5.82 Å². The molecule has 0 saturated carbocycles. The summed E-state index contributed by atoms with van der Waals surface area (Å²) < 4.78 is 6.90. The van der Waals surface area contributed by atoms with Gasteiger partial charge in [-0.2, -0.15) is 9.50 Å². The van der Waals surface area contributed by atoms with E-state index in [9.17, 15) is 5.11 Å². The molecule has 30 heavy (non-hydrogen) atoms. The minimum atomic E-state index is -0.0233. The first kappa shape index (κ1) is 19.1. The highest BCUT2D eigenvalue weighted by Crippen LogP contribution is 2.41. The minimum Gasteiger partial charge on any atom is -0.497 e. The smallest absolute Gasteiger partial charge is 0.230 e. The van der Waals surface area contributed by atoms with Crippen LogP contribution in [0, 0.1) is 0 Å². The molecule has 0 bridgehead atoms. The van der Waals surface area contributed by atoms with Crippen LogP contribution in [0.5, 0.6) is 11.6 Å². The Balaban J connectivity index is 1.57. The molecule has 154 valence electrons. The molecule has 1 atom stereocenters. The van der Waals surface area contributed by atoms with E-state index < -0.39 is 0 Å². The van der Waals surface area contributed by atoms with Crippen molar-refractivity contribution in [2.45, 2.75) is 25.3 Å². The van der Waals surface area contributed by atoms with Gasteiger partial charge in [0.1, 0.15) is 5.75 Å². The van der Waals surface area contributed by atoms with E-state index >= 15 is 0 Å². The predicted molar refractivity (Wildman–Crippen MR) is 118 cm³/mol. The highest BCUT2D eigenvalue weighted by atomic mass is 32.1. The van der Waals surface area contributed by atoms with Crippen molar-refractivity contribution in [1.29, 1.82) is 0 Å². The number of likely N-dealkylation sites (tertiary alicyclic amines) is 1. The van der Waals surface area contributed by atoms with Crippen molar-refractivity contribution in [2.75, 3.05) is 20.2 Å². The molecule has 1 N–H and O–H groups in total. The number of thiazole rings is 1. The summed E-state index contributed by atoms with van der Waals surface area (Å²) >= 11 is 1.51. The Morgan fingerprint density at radius 2 is 1.73 bits per heavy atom. The summed E-state index contributed by atoms with van der Waals surface area (Å²) in [5.74, 6) is 1.63. The third-order valence-corrected chi connectivity index (χ3v) is 6.74. The number of hydrogen-bond acceptors (Lipinski definition) is 6. The fourth-order valence-corrected chi connectivity index (χ4v) is 5.25. The minimum absolute atomic E-state index is 0.0233. The largest absolute Gasteiger partial charge is 0.497 e. The number of ether oxygens (including phenoxy) is 1. The quantitative estimate of drug-likeness (QED) is 0.505. The van der Waals surface area contributed by atoms with Crippen LogP contribution in [-0.2, 0) is 0 Å². The molecule has 0 spiro atoms. The van der Waals surface area contributed by atoms with Crippen LogP contribution >= 0.6 is 11.3 Å². The first-order valence-electron chi connectivity index (χ1n) is 10.3. The number of aromatic hydroxyl groups is 1. The number of aromatic nitrogens is 3. The average Bonchev–Trinajstić information content (AvgIpc) is 3.36. The molecule has 6 nitrogen and oxygen atoms in total. The molecule has 2 aromatic heterocycles. The fraction of sp³-hybridized carbons (Fsp3) is 0.304. The van der Waals surface area contributed by atoms with Crippen LogP contribution in [0.25, 0.3) is 16.3 Å². The van der Waals surface area contributed by atoms with Gasteiger partial charge in [-0.25, -0.2) is 0 Å². The van der Waals surface area contributed by atoms with Gasteiger partial charge in [-0.05, 0) is 43.6 Å². The van der Waals surface area contributed by atoms with E-state index in [1.165, 1.54) is 30.6 Å². The molecule has 1 aliphatic heterocycles. The molecule has 7 heteroatoms. The van der Waals surface area contributed by atoms with Crippen molar-refractivity contribution in [2.24, 2.45) is 0 Å². The maximum atomic E-state index is 11.1. The molecule has 0 radical (unpaired) electrons. The molecule has 2 aromatic carbocycles. The van der Waals surface area contributed by atoms with Gasteiger partial charge in [-0.1, -0.05) is 60.2 Å². The van der Waals surface area contributed by atoms with Crippen LogP contribution in [-0.4, -0.2) is 44.8 Å². The lowest BCUT2D eigenvalue weighted by atomic mass is 10.0. The van der Waals surface area contributed by atoms with E-state index in [1.807, 2.05) is 42.5 Å². The fourth-order valence-electron chi connectivity index (χ4n) is 4.13. The Bertz CT molecular complexity index is 1130. The highest BCUT2D eigenvalue weighted by molar-refractivity contribution is 7.17. The first-order chi connectivity index (χ1) is 14.7. The number of nitrogens with zero attached hydrogens (tertiary/aromatic N) is 4. The van der Waals surface area contributed by atoms with Crippen LogP contribution in [0.2, 0.25) is 0 Å².